The molecule has 6 heavy (non-hydrogen) atoms. The molecule has 0 atom stereocenters. The van der Waals surface area contributed by atoms with E-state index in [9.17, 15) is 9.81 Å². The van der Waals surface area contributed by atoms with Gasteiger partial charge >= 0.3 is 6.98 Å². The maximum absolute atomic E-state index is 9.19. The third kappa shape index (κ3) is 1.57. The summed E-state index contributed by atoms with van der Waals surface area (Å²) in [6, 6.07) is 0. The van der Waals surface area contributed by atoms with Crippen molar-refractivity contribution in [2.24, 2.45) is 10.2 Å². The highest BCUT2D eigenvalue weighted by atomic mass is 16.3. The molecule has 0 fully saturated rings. The predicted octanol–water partition coefficient (Wildman–Crippen LogP) is 0.637. The van der Waals surface area contributed by atoms with Crippen molar-refractivity contribution in [3.63, 3.8) is 0 Å². The van der Waals surface area contributed by atoms with Gasteiger partial charge in [-0.2, -0.15) is 9.81 Å². The number of hydrogen-bond acceptors (Lipinski definition) is 4. The number of nitrogens with zero attached hydrogens (tertiary/aromatic N) is 2. The zero-order valence-corrected chi connectivity index (χ0v) is 3.29. The van der Waals surface area contributed by atoms with Gasteiger partial charge in [0.05, 0.1) is 0 Å². The second-order valence-corrected chi connectivity index (χ2v) is 0.843. The lowest BCUT2D eigenvalue weighted by Crippen LogP contribution is -1.93. The van der Waals surface area contributed by atoms with Gasteiger partial charge in [0.15, 0.2) is 0 Å². The van der Waals surface area contributed by atoms with Crippen LogP contribution in [0, 0.1) is 9.81 Å². The Morgan fingerprint density at radius 2 is 1.67 bits per heavy atom. The molecule has 4 nitrogen and oxygen atoms in total. The smallest absolute Gasteiger partial charge is 0.165 e. The van der Waals surface area contributed by atoms with Crippen molar-refractivity contribution in [1.82, 2.24) is 0 Å². The van der Waals surface area contributed by atoms with Crippen LogP contribution in [0.15, 0.2) is 10.2 Å². The molecule has 0 unspecified atom stereocenters. The van der Waals surface area contributed by atoms with E-state index in [2.05, 4.69) is 10.2 Å². The summed E-state index contributed by atoms with van der Waals surface area (Å²) in [5.74, 6) is 0. The van der Waals surface area contributed by atoms with E-state index in [0.29, 0.717) is 0 Å². The molecule has 0 aliphatic heterocycles. The van der Waals surface area contributed by atoms with Crippen LogP contribution in [0.1, 0.15) is 0 Å². The van der Waals surface area contributed by atoms with Gasteiger partial charge in [0.1, 0.15) is 0 Å². The number of rotatable bonds is 2. The van der Waals surface area contributed by atoms with E-state index in [1.165, 1.54) is 6.82 Å². The third-order valence-corrected chi connectivity index (χ3v) is 0.305. The Balaban J connectivity index is 3.21. The Labute approximate surface area is 35.0 Å². The summed E-state index contributed by atoms with van der Waals surface area (Å²) < 4.78 is 0. The molecular formula is CH3BN2O2. The molecule has 0 radical (unpaired) electrons. The molecule has 0 heterocycles. The maximum Gasteiger partial charge on any atom is 0.514 e. The quantitative estimate of drug-likeness (QED) is 0.365. The van der Waals surface area contributed by atoms with Crippen molar-refractivity contribution in [3.05, 3.63) is 9.81 Å². The highest BCUT2D eigenvalue weighted by molar-refractivity contribution is 6.52. The fourth-order valence-corrected chi connectivity index (χ4v) is 0.0192. The lowest BCUT2D eigenvalue weighted by Gasteiger charge is -1.69. The van der Waals surface area contributed by atoms with Gasteiger partial charge in [-0.15, -0.1) is 10.2 Å². The summed E-state index contributed by atoms with van der Waals surface area (Å²) in [5.41, 5.74) is 0. The molecule has 0 amide bonds. The summed E-state index contributed by atoms with van der Waals surface area (Å²) in [5, 5.41) is 4.56. The van der Waals surface area contributed by atoms with E-state index < -0.39 is 6.98 Å². The van der Waals surface area contributed by atoms with Crippen LogP contribution in [0.2, 0.25) is 6.82 Å². The van der Waals surface area contributed by atoms with Gasteiger partial charge in [-0.3, -0.25) is 0 Å². The molecule has 0 saturated carbocycles. The Bertz CT molecular complexity index is 56.6. The minimum atomic E-state index is -0.926. The summed E-state index contributed by atoms with van der Waals surface area (Å²) >= 11 is 0. The standard InChI is InChI=1S/CH3BN2O2/c1-2(3-5)4-6/h1H3. The molecule has 0 aromatic carbocycles. The second kappa shape index (κ2) is 2.50. The number of hydrogen-bond donors (Lipinski definition) is 0. The molecule has 0 aliphatic rings. The van der Waals surface area contributed by atoms with Crippen LogP contribution in [-0.4, -0.2) is 6.98 Å². The average Bonchev–Trinajstić information content (AvgIpc) is 1.65. The van der Waals surface area contributed by atoms with E-state index >= 15 is 0 Å². The molecule has 0 aromatic rings. The molecule has 0 aromatic heterocycles. The van der Waals surface area contributed by atoms with Crippen LogP contribution in [0.5, 0.6) is 0 Å². The van der Waals surface area contributed by atoms with Crippen LogP contribution in [0.4, 0.5) is 0 Å². The van der Waals surface area contributed by atoms with Crippen LogP contribution in [0.3, 0.4) is 0 Å². The largest absolute Gasteiger partial charge is 0.514 e. The van der Waals surface area contributed by atoms with Gasteiger partial charge in [-0.05, 0) is 6.82 Å². The minimum Gasteiger partial charge on any atom is -0.165 e. The highest BCUT2D eigenvalue weighted by Gasteiger charge is 2.04. The van der Waals surface area contributed by atoms with Crippen LogP contribution in [-0.2, 0) is 0 Å². The maximum atomic E-state index is 9.19. The summed E-state index contributed by atoms with van der Waals surface area (Å²) in [6.07, 6.45) is 0. The molecule has 32 valence electrons. The average molecular weight is 85.9 g/mol. The van der Waals surface area contributed by atoms with E-state index in [1.807, 2.05) is 0 Å². The second-order valence-electron chi connectivity index (χ2n) is 0.843. The molecular weight excluding hydrogens is 82.8 g/mol. The molecule has 0 aliphatic carbocycles. The fourth-order valence-electron chi connectivity index (χ4n) is 0.0192. The molecule has 0 N–H and O–H groups in total. The highest BCUT2D eigenvalue weighted by Crippen LogP contribution is 1.78. The van der Waals surface area contributed by atoms with E-state index in [0.717, 1.165) is 0 Å². The van der Waals surface area contributed by atoms with Crippen LogP contribution < -0.4 is 0 Å². The van der Waals surface area contributed by atoms with Gasteiger partial charge in [-0.25, -0.2) is 0 Å². The molecule has 5 heteroatoms. The van der Waals surface area contributed by atoms with E-state index in [-0.39, 0.29) is 0 Å². The Hall–Kier alpha value is -0.735. The first-order valence-corrected chi connectivity index (χ1v) is 1.46. The van der Waals surface area contributed by atoms with Crippen molar-refractivity contribution < 1.29 is 0 Å². The summed E-state index contributed by atoms with van der Waals surface area (Å²) in [6.45, 7) is 0.394. The lowest BCUT2D eigenvalue weighted by atomic mass is 9.86. The van der Waals surface area contributed by atoms with Crippen LogP contribution >= 0.6 is 0 Å². The summed E-state index contributed by atoms with van der Waals surface area (Å²) in [4.78, 5) is 18.4. The normalized spacial score (nSPS) is 6.83. The summed E-state index contributed by atoms with van der Waals surface area (Å²) in [7, 11) is 0. The third-order valence-electron chi connectivity index (χ3n) is 0.305. The van der Waals surface area contributed by atoms with Crippen molar-refractivity contribution in [2.75, 3.05) is 0 Å². The first-order valence-electron chi connectivity index (χ1n) is 1.46. The SMILES string of the molecule is CB(N=O)N=O. The zero-order valence-electron chi connectivity index (χ0n) is 3.29. The fraction of sp³-hybridized carbons (Fsp3) is 1.00. The van der Waals surface area contributed by atoms with Crippen molar-refractivity contribution in [3.8, 4) is 0 Å². The van der Waals surface area contributed by atoms with Gasteiger partial charge < -0.3 is 0 Å². The first kappa shape index (κ1) is 5.26. The number of nitroso groups, excluding NO2 is 2. The Morgan fingerprint density at radius 3 is 1.67 bits per heavy atom. The molecule has 0 saturated heterocycles. The first-order chi connectivity index (χ1) is 2.81. The van der Waals surface area contributed by atoms with E-state index in [1.54, 1.807) is 0 Å². The van der Waals surface area contributed by atoms with Gasteiger partial charge in [0.25, 0.3) is 0 Å². The van der Waals surface area contributed by atoms with Gasteiger partial charge in [0, 0.05) is 0 Å². The van der Waals surface area contributed by atoms with Crippen molar-refractivity contribution in [1.29, 1.82) is 0 Å². The predicted molar refractivity (Wildman–Crippen MR) is 23.2 cm³/mol. The minimum absolute atomic E-state index is 0.926. The van der Waals surface area contributed by atoms with Crippen molar-refractivity contribution in [2.45, 2.75) is 6.82 Å². The topological polar surface area (TPSA) is 58.9 Å². The molecule has 0 spiro atoms. The van der Waals surface area contributed by atoms with Gasteiger partial charge in [0.2, 0.25) is 0 Å². The Morgan fingerprint density at radius 1 is 1.33 bits per heavy atom. The Kier molecular flexibility index (Phi) is 2.19. The van der Waals surface area contributed by atoms with E-state index in [4.69, 9.17) is 0 Å². The molecule has 0 bridgehead atoms. The van der Waals surface area contributed by atoms with Crippen LogP contribution in [0.25, 0.3) is 0 Å². The monoisotopic (exact) mass is 86.0 g/mol. The molecule has 0 rings (SSSR count). The van der Waals surface area contributed by atoms with Crippen molar-refractivity contribution >= 4 is 6.98 Å². The lowest BCUT2D eigenvalue weighted by molar-refractivity contribution is 1.55. The zero-order chi connectivity index (χ0) is 4.99. The van der Waals surface area contributed by atoms with Gasteiger partial charge in [-0.1, -0.05) is 0 Å².